The van der Waals surface area contributed by atoms with Gasteiger partial charge in [-0.2, -0.15) is 0 Å². The second-order valence-corrected chi connectivity index (χ2v) is 8.53. The fourth-order valence-corrected chi connectivity index (χ4v) is 4.25. The second-order valence-electron chi connectivity index (χ2n) is 5.74. The van der Waals surface area contributed by atoms with Crippen LogP contribution in [-0.4, -0.2) is 54.2 Å². The predicted molar refractivity (Wildman–Crippen MR) is 107 cm³/mol. The third-order valence-electron chi connectivity index (χ3n) is 3.86. The van der Waals surface area contributed by atoms with E-state index in [1.165, 1.54) is 30.1 Å². The van der Waals surface area contributed by atoms with Gasteiger partial charge in [0, 0.05) is 0 Å². The van der Waals surface area contributed by atoms with Crippen molar-refractivity contribution in [1.29, 1.82) is 0 Å². The first-order valence-corrected chi connectivity index (χ1v) is 10.8. The molecule has 0 bridgehead atoms. The van der Waals surface area contributed by atoms with Crippen molar-refractivity contribution in [3.8, 4) is 27.9 Å². The fourth-order valence-electron chi connectivity index (χ4n) is 2.59. The molecule has 154 valence electrons. The molecule has 1 aromatic carbocycles. The van der Waals surface area contributed by atoms with Gasteiger partial charge in [0.2, 0.25) is 16.0 Å². The molecule has 0 aliphatic carbocycles. The first-order chi connectivity index (χ1) is 13.9. The Balaban J connectivity index is 2.18. The van der Waals surface area contributed by atoms with Crippen LogP contribution in [0.3, 0.4) is 0 Å². The third kappa shape index (κ3) is 4.49. The molecule has 29 heavy (non-hydrogen) atoms. The highest BCUT2D eigenvalue weighted by atomic mass is 32.2. The number of benzene rings is 1. The normalized spacial score (nSPS) is 11.2. The maximum Gasteiger partial charge on any atom is 0.304 e. The van der Waals surface area contributed by atoms with Crippen LogP contribution in [0.1, 0.15) is 6.42 Å². The Hall–Kier alpha value is -3.12. The highest BCUT2D eigenvalue weighted by Gasteiger charge is 2.25. The minimum atomic E-state index is -3.99. The molecule has 0 amide bonds. The second kappa shape index (κ2) is 8.49. The minimum Gasteiger partial charge on any atom is -0.494 e. The monoisotopic (exact) mass is 438 g/mol. The van der Waals surface area contributed by atoms with Gasteiger partial charge in [0.05, 0.1) is 31.3 Å². The van der Waals surface area contributed by atoms with E-state index >= 15 is 0 Å². The molecule has 10 nitrogen and oxygen atoms in total. The minimum absolute atomic E-state index is 0.110. The van der Waals surface area contributed by atoms with E-state index in [-0.39, 0.29) is 5.95 Å². The number of sulfonamides is 1. The van der Waals surface area contributed by atoms with Gasteiger partial charge >= 0.3 is 5.97 Å². The SMILES string of the molecule is COc1cccc(OC)c1-n1c(NS(=O)(=O)CCC(=O)O)nnc1-c1cccs1. The number of nitrogens with one attached hydrogen (secondary N) is 1. The van der Waals surface area contributed by atoms with E-state index in [9.17, 15) is 13.2 Å². The summed E-state index contributed by atoms with van der Waals surface area (Å²) in [7, 11) is -1.03. The van der Waals surface area contributed by atoms with Crippen molar-refractivity contribution in [2.45, 2.75) is 6.42 Å². The van der Waals surface area contributed by atoms with Gasteiger partial charge in [-0.15, -0.1) is 21.5 Å². The largest absolute Gasteiger partial charge is 0.494 e. The number of methoxy groups -OCH3 is 2. The Bertz CT molecular complexity index is 1090. The lowest BCUT2D eigenvalue weighted by atomic mass is 10.2. The van der Waals surface area contributed by atoms with Gasteiger partial charge in [-0.25, -0.2) is 8.42 Å². The molecule has 2 aromatic heterocycles. The molecule has 0 saturated carbocycles. The maximum absolute atomic E-state index is 12.4. The number of para-hydroxylation sites is 1. The molecule has 3 rings (SSSR count). The average Bonchev–Trinajstić information content (AvgIpc) is 3.35. The molecule has 0 spiro atoms. The molecular weight excluding hydrogens is 420 g/mol. The Morgan fingerprint density at radius 2 is 1.86 bits per heavy atom. The molecule has 3 aromatic rings. The molecule has 0 saturated heterocycles. The lowest BCUT2D eigenvalue weighted by Gasteiger charge is -2.17. The van der Waals surface area contributed by atoms with Crippen LogP contribution in [0.5, 0.6) is 11.5 Å². The summed E-state index contributed by atoms with van der Waals surface area (Å²) in [6.07, 6.45) is -0.542. The van der Waals surface area contributed by atoms with Crippen LogP contribution < -0.4 is 14.2 Å². The van der Waals surface area contributed by atoms with Crippen LogP contribution in [0.4, 0.5) is 5.95 Å². The van der Waals surface area contributed by atoms with Crippen molar-refractivity contribution in [1.82, 2.24) is 14.8 Å². The number of carboxylic acid groups (broad SMARTS) is 1. The summed E-state index contributed by atoms with van der Waals surface area (Å²) in [5.74, 6) is -0.740. The fraction of sp³-hybridized carbons (Fsp3) is 0.235. The number of anilines is 1. The van der Waals surface area contributed by atoms with E-state index in [4.69, 9.17) is 14.6 Å². The molecule has 0 aliphatic rings. The van der Waals surface area contributed by atoms with E-state index in [1.807, 2.05) is 17.5 Å². The smallest absolute Gasteiger partial charge is 0.304 e. The molecule has 2 N–H and O–H groups in total. The molecule has 0 radical (unpaired) electrons. The van der Waals surface area contributed by atoms with Gasteiger partial charge in [0.1, 0.15) is 17.2 Å². The number of hydrogen-bond donors (Lipinski definition) is 2. The Kier molecular flexibility index (Phi) is 6.03. The van der Waals surface area contributed by atoms with Gasteiger partial charge in [0.25, 0.3) is 0 Å². The van der Waals surface area contributed by atoms with E-state index in [2.05, 4.69) is 14.9 Å². The average molecular weight is 438 g/mol. The van der Waals surface area contributed by atoms with E-state index in [0.717, 1.165) is 4.88 Å². The summed E-state index contributed by atoms with van der Waals surface area (Å²) in [4.78, 5) is 11.5. The van der Waals surface area contributed by atoms with Crippen molar-refractivity contribution < 1.29 is 27.8 Å². The molecule has 0 fully saturated rings. The van der Waals surface area contributed by atoms with E-state index < -0.39 is 28.2 Å². The summed E-state index contributed by atoms with van der Waals surface area (Å²) in [6, 6.07) is 8.76. The summed E-state index contributed by atoms with van der Waals surface area (Å²) >= 11 is 1.40. The Labute approximate surface area is 170 Å². The summed E-state index contributed by atoms with van der Waals surface area (Å²) in [5, 5.41) is 18.8. The lowest BCUT2D eigenvalue weighted by Crippen LogP contribution is -2.21. The van der Waals surface area contributed by atoms with Crippen LogP contribution in [-0.2, 0) is 14.8 Å². The number of nitrogens with zero attached hydrogens (tertiary/aromatic N) is 3. The van der Waals surface area contributed by atoms with Crippen LogP contribution >= 0.6 is 11.3 Å². The van der Waals surface area contributed by atoms with Crippen molar-refractivity contribution >= 4 is 33.3 Å². The van der Waals surface area contributed by atoms with E-state index in [1.54, 1.807) is 18.2 Å². The van der Waals surface area contributed by atoms with Gasteiger partial charge in [-0.1, -0.05) is 12.1 Å². The van der Waals surface area contributed by atoms with Crippen molar-refractivity contribution in [3.05, 3.63) is 35.7 Å². The van der Waals surface area contributed by atoms with Crippen molar-refractivity contribution in [3.63, 3.8) is 0 Å². The van der Waals surface area contributed by atoms with Gasteiger partial charge in [-0.3, -0.25) is 14.1 Å². The van der Waals surface area contributed by atoms with E-state index in [0.29, 0.717) is 23.0 Å². The molecule has 0 aliphatic heterocycles. The van der Waals surface area contributed by atoms with Crippen LogP contribution in [0, 0.1) is 0 Å². The van der Waals surface area contributed by atoms with Crippen LogP contribution in [0.2, 0.25) is 0 Å². The summed E-state index contributed by atoms with van der Waals surface area (Å²) in [5.41, 5.74) is 0.404. The zero-order valence-electron chi connectivity index (χ0n) is 15.5. The van der Waals surface area contributed by atoms with Crippen molar-refractivity contribution in [2.75, 3.05) is 24.7 Å². The zero-order chi connectivity index (χ0) is 21.0. The first kappa shape index (κ1) is 20.6. The number of carboxylic acids is 1. The highest BCUT2D eigenvalue weighted by Crippen LogP contribution is 2.38. The lowest BCUT2D eigenvalue weighted by molar-refractivity contribution is -0.136. The topological polar surface area (TPSA) is 133 Å². The molecule has 0 unspecified atom stereocenters. The number of aliphatic carboxylic acids is 1. The van der Waals surface area contributed by atoms with Crippen LogP contribution in [0.25, 0.3) is 16.4 Å². The Morgan fingerprint density at radius 3 is 2.41 bits per heavy atom. The molecular formula is C17H18N4O6S2. The van der Waals surface area contributed by atoms with Crippen molar-refractivity contribution in [2.24, 2.45) is 0 Å². The third-order valence-corrected chi connectivity index (χ3v) is 5.96. The summed E-state index contributed by atoms with van der Waals surface area (Å²) in [6.45, 7) is 0. The van der Waals surface area contributed by atoms with Crippen LogP contribution in [0.15, 0.2) is 35.7 Å². The summed E-state index contributed by atoms with van der Waals surface area (Å²) < 4.78 is 39.4. The molecule has 2 heterocycles. The number of ether oxygens (including phenoxy) is 2. The maximum atomic E-state index is 12.4. The number of thiophene rings is 1. The molecule has 0 atom stereocenters. The highest BCUT2D eigenvalue weighted by molar-refractivity contribution is 7.92. The zero-order valence-corrected chi connectivity index (χ0v) is 17.2. The Morgan fingerprint density at radius 1 is 1.17 bits per heavy atom. The quantitative estimate of drug-likeness (QED) is 0.520. The number of aromatic nitrogens is 3. The standard InChI is InChI=1S/C17H18N4O6S2/c1-26-11-5-3-6-12(27-2)15(11)21-16(13-7-4-9-28-13)18-19-17(21)20-29(24,25)10-8-14(22)23/h3-7,9H,8,10H2,1-2H3,(H,19,20)(H,22,23). The first-order valence-electron chi connectivity index (χ1n) is 8.29. The number of rotatable bonds is 9. The predicted octanol–water partition coefficient (Wildman–Crippen LogP) is 2.23. The van der Waals surface area contributed by atoms with Gasteiger partial charge < -0.3 is 14.6 Å². The van der Waals surface area contributed by atoms with Gasteiger partial charge in [-0.05, 0) is 23.6 Å². The molecule has 12 heteroatoms. The number of hydrogen-bond acceptors (Lipinski definition) is 8. The van der Waals surface area contributed by atoms with Gasteiger partial charge in [0.15, 0.2) is 5.82 Å². The number of carbonyl (C=O) groups is 1.